The molecule has 1 aliphatic heterocycles. The van der Waals surface area contributed by atoms with Crippen LogP contribution in [0, 0.1) is 0 Å². The Hall–Kier alpha value is -1.00. The fourth-order valence-electron chi connectivity index (χ4n) is 2.81. The minimum Gasteiger partial charge on any atom is -0.345 e. The molecule has 5 heteroatoms. The monoisotopic (exact) mass is 297 g/mol. The highest BCUT2D eigenvalue weighted by Crippen LogP contribution is 2.27. The molecule has 1 saturated heterocycles. The molecule has 0 amide bonds. The van der Waals surface area contributed by atoms with Crippen molar-refractivity contribution >= 4 is 32.3 Å². The number of halogens is 1. The second-order valence-corrected chi connectivity index (χ2v) is 7.94. The molecular formula is C14H16ClNO2S. The summed E-state index contributed by atoms with van der Waals surface area (Å²) in [5, 5.41) is 1.46. The molecule has 19 heavy (non-hydrogen) atoms. The van der Waals surface area contributed by atoms with E-state index < -0.39 is 9.84 Å². The minimum absolute atomic E-state index is 0.270. The highest BCUT2D eigenvalue weighted by Gasteiger charge is 2.29. The Kier molecular flexibility index (Phi) is 3.31. The van der Waals surface area contributed by atoms with E-state index >= 15 is 0 Å². The third-order valence-electron chi connectivity index (χ3n) is 3.85. The van der Waals surface area contributed by atoms with Crippen molar-refractivity contribution < 1.29 is 8.42 Å². The molecule has 0 spiro atoms. The average Bonchev–Trinajstić information content (AvgIpc) is 2.77. The molecule has 0 N–H and O–H groups in total. The second kappa shape index (κ2) is 4.84. The normalized spacial score (nSPS) is 22.7. The smallest absolute Gasteiger partial charge is 0.154 e. The van der Waals surface area contributed by atoms with Gasteiger partial charge in [0, 0.05) is 18.1 Å². The van der Waals surface area contributed by atoms with Gasteiger partial charge in [0.2, 0.25) is 0 Å². The predicted octanol–water partition coefficient (Wildman–Crippen LogP) is 3.26. The first-order valence-corrected chi connectivity index (χ1v) is 8.62. The van der Waals surface area contributed by atoms with E-state index in [1.54, 1.807) is 0 Å². The maximum Gasteiger partial charge on any atom is 0.154 e. The highest BCUT2D eigenvalue weighted by molar-refractivity contribution is 7.92. The van der Waals surface area contributed by atoms with Gasteiger partial charge in [-0.2, -0.15) is 0 Å². The molecule has 1 fully saturated rings. The van der Waals surface area contributed by atoms with Gasteiger partial charge in [0.1, 0.15) is 0 Å². The zero-order chi connectivity index (χ0) is 13.5. The Morgan fingerprint density at radius 3 is 2.89 bits per heavy atom. The molecule has 1 unspecified atom stereocenters. The minimum atomic E-state index is -2.95. The van der Waals surface area contributed by atoms with Crippen molar-refractivity contribution in [1.82, 2.24) is 4.57 Å². The molecule has 2 heterocycles. The van der Waals surface area contributed by atoms with Gasteiger partial charge in [-0.25, -0.2) is 8.42 Å². The molecule has 0 radical (unpaired) electrons. The number of sulfone groups is 1. The summed E-state index contributed by atoms with van der Waals surface area (Å²) < 4.78 is 26.1. The van der Waals surface area contributed by atoms with Gasteiger partial charge in [-0.05, 0) is 25.0 Å². The van der Waals surface area contributed by atoms with E-state index in [9.17, 15) is 8.42 Å². The van der Waals surface area contributed by atoms with Crippen LogP contribution in [0.4, 0.5) is 0 Å². The van der Waals surface area contributed by atoms with E-state index in [1.165, 1.54) is 0 Å². The van der Waals surface area contributed by atoms with E-state index in [-0.39, 0.29) is 5.25 Å². The van der Waals surface area contributed by atoms with Crippen molar-refractivity contribution in [2.75, 3.05) is 5.75 Å². The van der Waals surface area contributed by atoms with Crippen LogP contribution in [-0.2, 0) is 16.4 Å². The van der Waals surface area contributed by atoms with Crippen LogP contribution in [0.15, 0.2) is 30.5 Å². The topological polar surface area (TPSA) is 39.1 Å². The maximum atomic E-state index is 12.1. The number of hydrogen-bond acceptors (Lipinski definition) is 2. The molecule has 102 valence electrons. The largest absolute Gasteiger partial charge is 0.345 e. The number of rotatable bonds is 2. The van der Waals surface area contributed by atoms with Crippen molar-refractivity contribution in [3.63, 3.8) is 0 Å². The molecule has 2 aromatic rings. The van der Waals surface area contributed by atoms with E-state index in [4.69, 9.17) is 11.6 Å². The lowest BCUT2D eigenvalue weighted by molar-refractivity contribution is 0.512. The zero-order valence-electron chi connectivity index (χ0n) is 10.5. The van der Waals surface area contributed by atoms with Gasteiger partial charge in [-0.3, -0.25) is 0 Å². The SMILES string of the molecule is O=S1(=O)CCCCC1Cn1ccc2cccc(Cl)c21. The molecule has 0 bridgehead atoms. The number of nitrogens with zero attached hydrogens (tertiary/aromatic N) is 1. The van der Waals surface area contributed by atoms with Crippen LogP contribution in [0.5, 0.6) is 0 Å². The lowest BCUT2D eigenvalue weighted by atomic mass is 10.2. The lowest BCUT2D eigenvalue weighted by Crippen LogP contribution is -2.32. The fraction of sp³-hybridized carbons (Fsp3) is 0.429. The van der Waals surface area contributed by atoms with Crippen LogP contribution in [0.1, 0.15) is 19.3 Å². The van der Waals surface area contributed by atoms with Crippen LogP contribution < -0.4 is 0 Å². The third kappa shape index (κ3) is 2.39. The van der Waals surface area contributed by atoms with Gasteiger partial charge in [-0.1, -0.05) is 30.2 Å². The lowest BCUT2D eigenvalue weighted by Gasteiger charge is -2.23. The summed E-state index contributed by atoms with van der Waals surface area (Å²) in [6.45, 7) is 0.509. The van der Waals surface area contributed by atoms with Gasteiger partial charge in [0.05, 0.1) is 21.5 Å². The maximum absolute atomic E-state index is 12.1. The van der Waals surface area contributed by atoms with Gasteiger partial charge in [-0.15, -0.1) is 0 Å². The van der Waals surface area contributed by atoms with Gasteiger partial charge >= 0.3 is 0 Å². The molecule has 0 saturated carbocycles. The fourth-order valence-corrected chi connectivity index (χ4v) is 4.96. The Morgan fingerprint density at radius 1 is 1.26 bits per heavy atom. The Bertz CT molecular complexity index is 705. The molecule has 3 rings (SSSR count). The molecule has 1 aromatic heterocycles. The van der Waals surface area contributed by atoms with Crippen LogP contribution in [0.2, 0.25) is 5.02 Å². The standard InChI is InChI=1S/C14H16ClNO2S/c15-13-6-3-4-11-7-8-16(14(11)13)10-12-5-1-2-9-19(12,17)18/h3-4,6-8,12H,1-2,5,9-10H2. The van der Waals surface area contributed by atoms with Crippen LogP contribution in [0.3, 0.4) is 0 Å². The zero-order valence-corrected chi connectivity index (χ0v) is 12.1. The Morgan fingerprint density at radius 2 is 2.11 bits per heavy atom. The van der Waals surface area contributed by atoms with Crippen molar-refractivity contribution in [2.45, 2.75) is 31.1 Å². The number of aromatic nitrogens is 1. The van der Waals surface area contributed by atoms with E-state index in [1.807, 2.05) is 35.0 Å². The molecule has 1 atom stereocenters. The quantitative estimate of drug-likeness (QED) is 0.853. The summed E-state index contributed by atoms with van der Waals surface area (Å²) in [6.07, 6.45) is 4.48. The predicted molar refractivity (Wildman–Crippen MR) is 78.4 cm³/mol. The first kappa shape index (κ1) is 13.0. The number of benzene rings is 1. The summed E-state index contributed by atoms with van der Waals surface area (Å²) >= 11 is 6.22. The Balaban J connectivity index is 1.97. The Labute approximate surface area is 118 Å². The highest BCUT2D eigenvalue weighted by atomic mass is 35.5. The van der Waals surface area contributed by atoms with E-state index in [0.717, 1.165) is 30.2 Å². The summed E-state index contributed by atoms with van der Waals surface area (Å²) in [4.78, 5) is 0. The first-order chi connectivity index (χ1) is 9.08. The third-order valence-corrected chi connectivity index (χ3v) is 6.42. The molecule has 1 aliphatic rings. The van der Waals surface area contributed by atoms with Gasteiger partial charge < -0.3 is 4.57 Å². The number of para-hydroxylation sites is 1. The number of fused-ring (bicyclic) bond motifs is 1. The van der Waals surface area contributed by atoms with Crippen molar-refractivity contribution in [3.8, 4) is 0 Å². The van der Waals surface area contributed by atoms with Crippen molar-refractivity contribution in [1.29, 1.82) is 0 Å². The van der Waals surface area contributed by atoms with Gasteiger partial charge in [0.15, 0.2) is 9.84 Å². The van der Waals surface area contributed by atoms with Crippen LogP contribution in [-0.4, -0.2) is 24.0 Å². The number of hydrogen-bond donors (Lipinski definition) is 0. The van der Waals surface area contributed by atoms with Crippen molar-refractivity contribution in [3.05, 3.63) is 35.5 Å². The van der Waals surface area contributed by atoms with Crippen LogP contribution in [0.25, 0.3) is 10.9 Å². The van der Waals surface area contributed by atoms with E-state index in [2.05, 4.69) is 0 Å². The molecular weight excluding hydrogens is 282 g/mol. The summed E-state index contributed by atoms with van der Waals surface area (Å²) in [5.74, 6) is 0.324. The molecule has 1 aromatic carbocycles. The van der Waals surface area contributed by atoms with Crippen LogP contribution >= 0.6 is 11.6 Å². The van der Waals surface area contributed by atoms with Gasteiger partial charge in [0.25, 0.3) is 0 Å². The average molecular weight is 298 g/mol. The van der Waals surface area contributed by atoms with Crippen molar-refractivity contribution in [2.24, 2.45) is 0 Å². The summed E-state index contributed by atoms with van der Waals surface area (Å²) in [7, 11) is -2.95. The molecule has 3 nitrogen and oxygen atoms in total. The summed E-state index contributed by atoms with van der Waals surface area (Å²) in [6, 6.07) is 7.73. The first-order valence-electron chi connectivity index (χ1n) is 6.53. The molecule has 0 aliphatic carbocycles. The second-order valence-electron chi connectivity index (χ2n) is 5.13. The summed E-state index contributed by atoms with van der Waals surface area (Å²) in [5.41, 5.74) is 0.935. The van der Waals surface area contributed by atoms with E-state index in [0.29, 0.717) is 17.3 Å².